The van der Waals surface area contributed by atoms with Gasteiger partial charge in [0.05, 0.1) is 0 Å². The average Bonchev–Trinajstić information content (AvgIpc) is 1.85. The molecule has 0 N–H and O–H groups in total. The molecule has 0 aromatic heterocycles. The summed E-state index contributed by atoms with van der Waals surface area (Å²) in [4.78, 5) is 0. The van der Waals surface area contributed by atoms with Crippen LogP contribution in [0.25, 0.3) is 0 Å². The maximum atomic E-state index is 3.31. The van der Waals surface area contributed by atoms with E-state index in [1.165, 1.54) is 12.0 Å². The zero-order valence-corrected chi connectivity index (χ0v) is 6.24. The van der Waals surface area contributed by atoms with Crippen molar-refractivity contribution in [2.75, 3.05) is 0 Å². The van der Waals surface area contributed by atoms with Crippen LogP contribution in [-0.2, 0) is 0 Å². The van der Waals surface area contributed by atoms with Gasteiger partial charge in [-0.3, -0.25) is 0 Å². The van der Waals surface area contributed by atoms with E-state index in [-0.39, 0.29) is 0 Å². The van der Waals surface area contributed by atoms with Gasteiger partial charge in [0.1, 0.15) is 0 Å². The van der Waals surface area contributed by atoms with Crippen LogP contribution in [0.15, 0.2) is 14.9 Å². The van der Waals surface area contributed by atoms with E-state index in [1.54, 1.807) is 7.09 Å². The summed E-state index contributed by atoms with van der Waals surface area (Å²) in [5, 5.41) is 0. The van der Waals surface area contributed by atoms with E-state index in [4.69, 9.17) is 0 Å². The fourth-order valence-corrected chi connectivity index (χ4v) is 3.45. The molecule has 0 aromatic carbocycles. The van der Waals surface area contributed by atoms with Crippen LogP contribution < -0.4 is 0 Å². The zero-order valence-electron chi connectivity index (χ0n) is 4.09. The van der Waals surface area contributed by atoms with Gasteiger partial charge >= 0.3 is 0 Å². The first-order valence-corrected chi connectivity index (χ1v) is 4.49. The lowest BCUT2D eigenvalue weighted by Crippen LogP contribution is -1.89. The molecule has 3 aliphatic rings. The quantitative estimate of drug-likeness (QED) is 0.418. The zero-order chi connectivity index (χ0) is 4.85. The maximum absolute atomic E-state index is 3.31. The molecule has 36 valence electrons. The van der Waals surface area contributed by atoms with Crippen molar-refractivity contribution >= 4 is 24.2 Å². The van der Waals surface area contributed by atoms with Crippen LogP contribution in [0.1, 0.15) is 13.3 Å². The highest BCUT2D eigenvalue weighted by Gasteiger charge is 2.18. The van der Waals surface area contributed by atoms with Crippen LogP contribution in [0.3, 0.4) is 0 Å². The SMILES string of the molecule is CC1=IC2=C=C1C2. The van der Waals surface area contributed by atoms with E-state index < -0.39 is 0 Å². The minimum atomic E-state index is 0.376. The van der Waals surface area contributed by atoms with Crippen LogP contribution in [-0.4, -0.2) is 3.51 Å². The highest BCUT2D eigenvalue weighted by Crippen LogP contribution is 2.40. The molecular weight excluding hydrogens is 199 g/mol. The molecule has 2 bridgehead atoms. The Morgan fingerprint density at radius 2 is 2.43 bits per heavy atom. The van der Waals surface area contributed by atoms with Gasteiger partial charge in [-0.25, -0.2) is 0 Å². The summed E-state index contributed by atoms with van der Waals surface area (Å²) in [6.07, 6.45) is 1.30. The van der Waals surface area contributed by atoms with Gasteiger partial charge < -0.3 is 0 Å². The van der Waals surface area contributed by atoms with Crippen LogP contribution in [0.2, 0.25) is 0 Å². The monoisotopic (exact) mass is 204 g/mol. The summed E-state index contributed by atoms with van der Waals surface area (Å²) in [5.41, 5.74) is 4.84. The van der Waals surface area contributed by atoms with Crippen molar-refractivity contribution in [1.29, 1.82) is 0 Å². The van der Waals surface area contributed by atoms with Crippen molar-refractivity contribution in [2.45, 2.75) is 13.3 Å². The van der Waals surface area contributed by atoms with Gasteiger partial charge in [-0.15, -0.1) is 5.73 Å². The standard InChI is InChI=1S/C6H5I/c1-4-5-2-6(3-5)7-4/h2H2,1H3. The normalized spacial score (nSPS) is 23.9. The third kappa shape index (κ3) is 0.400. The van der Waals surface area contributed by atoms with Crippen LogP contribution >= 0.6 is 20.7 Å². The summed E-state index contributed by atoms with van der Waals surface area (Å²) in [6.45, 7) is 2.25. The first kappa shape index (κ1) is 4.04. The number of halogens is 1. The number of hydrogen-bond donors (Lipinski definition) is 0. The molecule has 0 radical (unpaired) electrons. The Hall–Kier alpha value is 0.120. The largest absolute Gasteiger partial charge is 0.106 e. The molecule has 0 nitrogen and oxygen atoms in total. The maximum Gasteiger partial charge on any atom is 0.0327 e. The van der Waals surface area contributed by atoms with Crippen molar-refractivity contribution in [2.24, 2.45) is 0 Å². The summed E-state index contributed by atoms with van der Waals surface area (Å²) >= 11 is 0.376. The van der Waals surface area contributed by atoms with Crippen molar-refractivity contribution < 1.29 is 0 Å². The van der Waals surface area contributed by atoms with Gasteiger partial charge in [-0.2, -0.15) is 0 Å². The van der Waals surface area contributed by atoms with Crippen LogP contribution in [0, 0.1) is 0 Å². The molecule has 0 atom stereocenters. The number of rotatable bonds is 0. The lowest BCUT2D eigenvalue weighted by molar-refractivity contribution is 1.26. The second-order valence-electron chi connectivity index (χ2n) is 1.81. The topological polar surface area (TPSA) is 0 Å². The Kier molecular flexibility index (Phi) is 0.631. The summed E-state index contributed by atoms with van der Waals surface area (Å²) < 4.78 is 3.29. The van der Waals surface area contributed by atoms with E-state index in [1.807, 2.05) is 0 Å². The van der Waals surface area contributed by atoms with Crippen molar-refractivity contribution in [3.8, 4) is 0 Å². The van der Waals surface area contributed by atoms with E-state index in [0.29, 0.717) is 20.7 Å². The molecule has 0 fully saturated rings. The molecule has 1 aliphatic carbocycles. The third-order valence-corrected chi connectivity index (χ3v) is 4.05. The average molecular weight is 204 g/mol. The molecule has 3 rings (SSSR count). The van der Waals surface area contributed by atoms with Gasteiger partial charge in [0.25, 0.3) is 0 Å². The first-order valence-electron chi connectivity index (χ1n) is 2.34. The highest BCUT2D eigenvalue weighted by atomic mass is 127. The Labute approximate surface area is 52.7 Å². The second kappa shape index (κ2) is 1.09. The predicted molar refractivity (Wildman–Crippen MR) is 39.9 cm³/mol. The van der Waals surface area contributed by atoms with Gasteiger partial charge in [-0.1, -0.05) is 20.7 Å². The molecule has 0 saturated carbocycles. The van der Waals surface area contributed by atoms with Gasteiger partial charge in [0.15, 0.2) is 0 Å². The Morgan fingerprint density at radius 1 is 1.71 bits per heavy atom. The lowest BCUT2D eigenvalue weighted by atomic mass is 10.1. The predicted octanol–water partition coefficient (Wildman–Crippen LogP) is 1.98. The molecule has 2 aliphatic heterocycles. The van der Waals surface area contributed by atoms with Gasteiger partial charge in [-0.05, 0) is 10.4 Å². The summed E-state index contributed by atoms with van der Waals surface area (Å²) in [5.74, 6) is 0. The van der Waals surface area contributed by atoms with Crippen molar-refractivity contribution in [3.63, 3.8) is 0 Å². The summed E-state index contributed by atoms with van der Waals surface area (Å²) in [6, 6.07) is 0. The Balaban J connectivity index is 2.64. The lowest BCUT2D eigenvalue weighted by Gasteiger charge is -1.97. The van der Waals surface area contributed by atoms with Gasteiger partial charge in [0.2, 0.25) is 0 Å². The van der Waals surface area contributed by atoms with Crippen LogP contribution in [0.5, 0.6) is 0 Å². The Bertz CT molecular complexity index is 214. The fraction of sp³-hybridized carbons (Fsp3) is 0.333. The molecule has 0 aromatic rings. The van der Waals surface area contributed by atoms with Crippen molar-refractivity contribution in [3.05, 3.63) is 14.9 Å². The highest BCUT2D eigenvalue weighted by molar-refractivity contribution is 14.2. The Morgan fingerprint density at radius 3 is 2.57 bits per heavy atom. The molecular formula is C6H5I. The molecule has 0 saturated heterocycles. The molecule has 0 unspecified atom stereocenters. The molecule has 7 heavy (non-hydrogen) atoms. The molecule has 0 amide bonds. The van der Waals surface area contributed by atoms with E-state index in [2.05, 4.69) is 12.7 Å². The number of hydrogen-bond acceptors (Lipinski definition) is 0. The fourth-order valence-electron chi connectivity index (χ4n) is 0.794. The molecule has 2 heterocycles. The molecule has 1 heteroatoms. The van der Waals surface area contributed by atoms with Crippen molar-refractivity contribution in [1.82, 2.24) is 0 Å². The second-order valence-corrected chi connectivity index (χ2v) is 5.27. The van der Waals surface area contributed by atoms with Gasteiger partial charge in [0, 0.05) is 15.6 Å². The van der Waals surface area contributed by atoms with E-state index in [9.17, 15) is 0 Å². The summed E-state index contributed by atoms with van der Waals surface area (Å²) in [7, 11) is 0. The smallest absolute Gasteiger partial charge is 0.0327 e. The number of allylic oxidation sites excluding steroid dienone is 1. The minimum absolute atomic E-state index is 0.376. The van der Waals surface area contributed by atoms with E-state index >= 15 is 0 Å². The minimum Gasteiger partial charge on any atom is -0.106 e. The first-order chi connectivity index (χ1) is 3.36. The van der Waals surface area contributed by atoms with E-state index in [0.717, 1.165) is 0 Å². The van der Waals surface area contributed by atoms with Crippen LogP contribution in [0.4, 0.5) is 0 Å². The third-order valence-electron chi connectivity index (χ3n) is 1.29. The molecule has 0 spiro atoms.